The third-order valence-corrected chi connectivity index (χ3v) is 6.91. The Morgan fingerprint density at radius 3 is 2.26 bits per heavy atom. The number of rotatable bonds is 10. The third kappa shape index (κ3) is 7.56. The van der Waals surface area contributed by atoms with Crippen molar-refractivity contribution in [3.63, 3.8) is 0 Å². The van der Waals surface area contributed by atoms with Gasteiger partial charge in [-0.1, -0.05) is 36.8 Å². The molecule has 9 nitrogen and oxygen atoms in total. The van der Waals surface area contributed by atoms with Gasteiger partial charge in [0.15, 0.2) is 0 Å². The van der Waals surface area contributed by atoms with Crippen molar-refractivity contribution < 1.29 is 33.4 Å². The van der Waals surface area contributed by atoms with Gasteiger partial charge >= 0.3 is 12.2 Å². The van der Waals surface area contributed by atoms with Crippen LogP contribution in [-0.4, -0.2) is 59.7 Å². The molecule has 1 aliphatic carbocycles. The minimum Gasteiger partial charge on any atom is -0.446 e. The van der Waals surface area contributed by atoms with E-state index in [2.05, 4.69) is 17.4 Å². The van der Waals surface area contributed by atoms with E-state index < -0.39 is 41.3 Å². The third-order valence-electron chi connectivity index (χ3n) is 6.43. The summed E-state index contributed by atoms with van der Waals surface area (Å²) in [5, 5.41) is 4.16. The molecule has 0 radical (unpaired) electrons. The monoisotopic (exact) mass is 528 g/mol. The van der Waals surface area contributed by atoms with E-state index in [0.29, 0.717) is 25.9 Å². The first-order chi connectivity index (χ1) is 16.8. The number of carbonyl (C=O) groups excluding carboxylic acids is 4. The maximum absolute atomic E-state index is 12.5. The van der Waals surface area contributed by atoms with E-state index >= 15 is 0 Å². The highest BCUT2D eigenvalue weighted by Gasteiger charge is 2.66. The average Bonchev–Trinajstić information content (AvgIpc) is 3.63. The summed E-state index contributed by atoms with van der Waals surface area (Å²) in [6.45, 7) is 0.400. The number of halogens is 2. The van der Waals surface area contributed by atoms with Crippen molar-refractivity contribution in [3.05, 3.63) is 35.9 Å². The summed E-state index contributed by atoms with van der Waals surface area (Å²) in [6, 6.07) is 10.2. The van der Waals surface area contributed by atoms with Crippen molar-refractivity contribution in [2.45, 2.75) is 68.7 Å². The van der Waals surface area contributed by atoms with Crippen molar-refractivity contribution in [2.24, 2.45) is 0 Å². The number of ether oxygens (including phenoxy) is 3. The van der Waals surface area contributed by atoms with Gasteiger partial charge in [-0.15, -0.1) is 23.2 Å². The molecule has 35 heavy (non-hydrogen) atoms. The Hall–Kier alpha value is -2.36. The summed E-state index contributed by atoms with van der Waals surface area (Å²) >= 11 is 10.9. The second-order valence-electron chi connectivity index (χ2n) is 8.85. The molecular weight excluding hydrogens is 499 g/mol. The lowest BCUT2D eigenvalue weighted by Gasteiger charge is -2.44. The zero-order valence-corrected chi connectivity index (χ0v) is 20.9. The SMILES string of the molecule is O=C(CCl)NC(=O)OC1CCC2(CO2)C(CCCCCc2ccccc2)(OC(=O)NC(=O)CCl)C1. The summed E-state index contributed by atoms with van der Waals surface area (Å²) in [6.07, 6.45) is 2.67. The predicted molar refractivity (Wildman–Crippen MR) is 128 cm³/mol. The van der Waals surface area contributed by atoms with Gasteiger partial charge in [0.1, 0.15) is 29.1 Å². The van der Waals surface area contributed by atoms with Gasteiger partial charge in [0.25, 0.3) is 0 Å². The van der Waals surface area contributed by atoms with E-state index in [4.69, 9.17) is 37.4 Å². The van der Waals surface area contributed by atoms with Crippen LogP contribution >= 0.6 is 23.2 Å². The zero-order valence-electron chi connectivity index (χ0n) is 19.4. The van der Waals surface area contributed by atoms with Crippen LogP contribution in [0.15, 0.2) is 30.3 Å². The maximum Gasteiger partial charge on any atom is 0.414 e. The summed E-state index contributed by atoms with van der Waals surface area (Å²) in [5.74, 6) is -2.11. The molecule has 3 rings (SSSR count). The summed E-state index contributed by atoms with van der Waals surface area (Å²) in [7, 11) is 0. The summed E-state index contributed by atoms with van der Waals surface area (Å²) in [5.41, 5.74) is -0.547. The van der Waals surface area contributed by atoms with Crippen LogP contribution in [0.5, 0.6) is 0 Å². The lowest BCUT2D eigenvalue weighted by atomic mass is 9.71. The van der Waals surface area contributed by atoms with Gasteiger partial charge in [0, 0.05) is 6.42 Å². The van der Waals surface area contributed by atoms with Crippen LogP contribution in [0.3, 0.4) is 0 Å². The molecule has 11 heteroatoms. The second kappa shape index (κ2) is 12.6. The standard InChI is InChI=1S/C24H30Cl2N2O7/c25-14-19(29)27-21(31)34-18-10-12-24(16-33-24)23(13-18,35-22(32)28-20(30)15-26)11-6-2-5-9-17-7-3-1-4-8-17/h1,3-4,7-8,18H,2,5-6,9-16H2,(H,27,29,31)(H,28,30,32). The fraction of sp³-hybridized carbons (Fsp3) is 0.583. The molecular formula is C24H30Cl2N2O7. The highest BCUT2D eigenvalue weighted by molar-refractivity contribution is 6.28. The zero-order chi connectivity index (χ0) is 25.3. The number of alkyl carbamates (subject to hydrolysis) is 2. The Labute approximate surface area is 214 Å². The van der Waals surface area contributed by atoms with Crippen LogP contribution in [0, 0.1) is 0 Å². The van der Waals surface area contributed by atoms with Crippen LogP contribution < -0.4 is 10.6 Å². The lowest BCUT2D eigenvalue weighted by Crippen LogP contribution is -2.57. The Kier molecular flexibility index (Phi) is 9.77. The number of carbonyl (C=O) groups is 4. The van der Waals surface area contributed by atoms with Crippen LogP contribution in [0.25, 0.3) is 0 Å². The molecule has 0 aromatic heterocycles. The van der Waals surface area contributed by atoms with E-state index in [1.807, 2.05) is 23.5 Å². The van der Waals surface area contributed by atoms with Crippen molar-refractivity contribution >= 4 is 47.2 Å². The quantitative estimate of drug-likeness (QED) is 0.268. The van der Waals surface area contributed by atoms with Crippen molar-refractivity contribution in [2.75, 3.05) is 18.4 Å². The van der Waals surface area contributed by atoms with Gasteiger partial charge in [0.05, 0.1) is 6.61 Å². The molecule has 4 amide bonds. The minimum atomic E-state index is -1.10. The first-order valence-corrected chi connectivity index (χ1v) is 12.7. The minimum absolute atomic E-state index is 0.177. The van der Waals surface area contributed by atoms with Crippen molar-refractivity contribution in [1.29, 1.82) is 0 Å². The van der Waals surface area contributed by atoms with Gasteiger partial charge in [-0.2, -0.15) is 0 Å². The van der Waals surface area contributed by atoms with E-state index in [-0.39, 0.29) is 18.2 Å². The van der Waals surface area contributed by atoms with Gasteiger partial charge < -0.3 is 14.2 Å². The Morgan fingerprint density at radius 1 is 0.971 bits per heavy atom. The molecule has 3 atom stereocenters. The predicted octanol–water partition coefficient (Wildman–Crippen LogP) is 3.83. The number of epoxide rings is 1. The Morgan fingerprint density at radius 2 is 1.63 bits per heavy atom. The van der Waals surface area contributed by atoms with Crippen LogP contribution in [-0.2, 0) is 30.2 Å². The molecule has 3 unspecified atom stereocenters. The number of nitrogens with one attached hydrogen (secondary N) is 2. The first-order valence-electron chi connectivity index (χ1n) is 11.6. The fourth-order valence-corrected chi connectivity index (χ4v) is 4.76. The summed E-state index contributed by atoms with van der Waals surface area (Å²) < 4.78 is 17.1. The Bertz CT molecular complexity index is 910. The van der Waals surface area contributed by atoms with Crippen LogP contribution in [0.4, 0.5) is 9.59 Å². The second-order valence-corrected chi connectivity index (χ2v) is 9.38. The topological polar surface area (TPSA) is 123 Å². The lowest BCUT2D eigenvalue weighted by molar-refractivity contribution is -0.124. The average molecular weight is 529 g/mol. The number of alkyl halides is 2. The molecule has 2 N–H and O–H groups in total. The molecule has 2 fully saturated rings. The maximum atomic E-state index is 12.5. The number of hydrogen-bond acceptors (Lipinski definition) is 7. The van der Waals surface area contributed by atoms with Gasteiger partial charge in [-0.25, -0.2) is 9.59 Å². The molecule has 1 saturated heterocycles. The first kappa shape index (κ1) is 27.2. The largest absolute Gasteiger partial charge is 0.446 e. The molecule has 1 aromatic carbocycles. The molecule has 2 aliphatic rings. The van der Waals surface area contributed by atoms with E-state index in [0.717, 1.165) is 25.7 Å². The molecule has 1 spiro atoms. The molecule has 1 aliphatic heterocycles. The number of imide groups is 2. The normalized spacial score (nSPS) is 24.9. The molecule has 0 bridgehead atoms. The van der Waals surface area contributed by atoms with Crippen LogP contribution in [0.2, 0.25) is 0 Å². The van der Waals surface area contributed by atoms with E-state index in [1.54, 1.807) is 0 Å². The smallest absolute Gasteiger partial charge is 0.414 e. The number of unbranched alkanes of at least 4 members (excludes halogenated alkanes) is 2. The highest BCUT2D eigenvalue weighted by atomic mass is 35.5. The molecule has 1 aromatic rings. The van der Waals surface area contributed by atoms with Gasteiger partial charge in [-0.05, 0) is 44.1 Å². The number of aryl methyl sites for hydroxylation is 1. The van der Waals surface area contributed by atoms with Crippen molar-refractivity contribution in [3.8, 4) is 0 Å². The number of amides is 4. The highest BCUT2D eigenvalue weighted by Crippen LogP contribution is 2.53. The number of benzene rings is 1. The van der Waals surface area contributed by atoms with Gasteiger partial charge in [0.2, 0.25) is 11.8 Å². The summed E-state index contributed by atoms with van der Waals surface area (Å²) in [4.78, 5) is 47.7. The number of hydrogen-bond donors (Lipinski definition) is 2. The molecule has 1 heterocycles. The van der Waals surface area contributed by atoms with E-state index in [1.165, 1.54) is 5.56 Å². The molecule has 192 valence electrons. The molecule has 1 saturated carbocycles. The van der Waals surface area contributed by atoms with Crippen molar-refractivity contribution in [1.82, 2.24) is 10.6 Å². The van der Waals surface area contributed by atoms with E-state index in [9.17, 15) is 19.2 Å². The van der Waals surface area contributed by atoms with Crippen LogP contribution in [0.1, 0.15) is 50.5 Å². The fourth-order valence-electron chi connectivity index (χ4n) is 4.63. The van der Waals surface area contributed by atoms with Gasteiger partial charge in [-0.3, -0.25) is 20.2 Å². The Balaban J connectivity index is 1.66.